The Morgan fingerprint density at radius 3 is 2.73 bits per heavy atom. The van der Waals surface area contributed by atoms with Gasteiger partial charge in [-0.15, -0.1) is 0 Å². The lowest BCUT2D eigenvalue weighted by atomic mass is 10.1. The van der Waals surface area contributed by atoms with Crippen LogP contribution in [0.4, 0.5) is 0 Å². The Bertz CT molecular complexity index is 176. The maximum absolute atomic E-state index is 5.75. The maximum Gasteiger partial charge on any atom is 0.0993 e. The summed E-state index contributed by atoms with van der Waals surface area (Å²) >= 11 is 3.61. The zero-order valence-corrected chi connectivity index (χ0v) is 8.14. The van der Waals surface area contributed by atoms with Gasteiger partial charge in [0.1, 0.15) is 0 Å². The van der Waals surface area contributed by atoms with Crippen LogP contribution in [0.15, 0.2) is 11.8 Å². The Balaban J connectivity index is 1.78. The highest BCUT2D eigenvalue weighted by atomic mass is 79.9. The van der Waals surface area contributed by atoms with Gasteiger partial charge in [-0.05, 0) is 31.8 Å². The minimum absolute atomic E-state index is 0.505. The predicted octanol–water partition coefficient (Wildman–Crippen LogP) is 3.00. The van der Waals surface area contributed by atoms with Crippen LogP contribution >= 0.6 is 15.9 Å². The van der Waals surface area contributed by atoms with Crippen molar-refractivity contribution in [3.8, 4) is 0 Å². The monoisotopic (exact) mass is 216 g/mol. The van der Waals surface area contributed by atoms with Crippen LogP contribution in [0.2, 0.25) is 0 Å². The number of halogens is 1. The lowest BCUT2D eigenvalue weighted by molar-refractivity contribution is 0.107. The third-order valence-electron chi connectivity index (χ3n) is 2.40. The molecule has 11 heavy (non-hydrogen) atoms. The molecule has 0 aromatic heterocycles. The summed E-state index contributed by atoms with van der Waals surface area (Å²) in [7, 11) is 0. The molecule has 2 aliphatic rings. The second kappa shape index (κ2) is 3.18. The second-order valence-corrected chi connectivity index (χ2v) is 4.65. The van der Waals surface area contributed by atoms with E-state index >= 15 is 0 Å². The fourth-order valence-corrected chi connectivity index (χ4v) is 2.26. The van der Waals surface area contributed by atoms with Gasteiger partial charge in [0.15, 0.2) is 0 Å². The highest BCUT2D eigenvalue weighted by Crippen LogP contribution is 2.31. The molecule has 0 aromatic rings. The number of ether oxygens (including phenoxy) is 1. The summed E-state index contributed by atoms with van der Waals surface area (Å²) in [5, 5.41) is 0. The molecule has 62 valence electrons. The van der Waals surface area contributed by atoms with E-state index in [1.54, 1.807) is 0 Å². The highest BCUT2D eigenvalue weighted by molar-refractivity contribution is 9.09. The number of rotatable bonds is 2. The third kappa shape index (κ3) is 1.78. The van der Waals surface area contributed by atoms with E-state index in [1.807, 2.05) is 0 Å². The van der Waals surface area contributed by atoms with Crippen molar-refractivity contribution in [2.45, 2.75) is 43.0 Å². The summed E-state index contributed by atoms with van der Waals surface area (Å²) in [6.45, 7) is 0. The van der Waals surface area contributed by atoms with Crippen LogP contribution in [0.5, 0.6) is 0 Å². The number of alkyl halides is 1. The predicted molar refractivity (Wildman–Crippen MR) is 48.8 cm³/mol. The van der Waals surface area contributed by atoms with Crippen molar-refractivity contribution < 1.29 is 4.74 Å². The van der Waals surface area contributed by atoms with E-state index in [0.717, 1.165) is 0 Å². The van der Waals surface area contributed by atoms with Crippen molar-refractivity contribution >= 4 is 15.9 Å². The summed E-state index contributed by atoms with van der Waals surface area (Å²) in [4.78, 5) is 0.702. The molecular weight excluding hydrogens is 204 g/mol. The summed E-state index contributed by atoms with van der Waals surface area (Å²) in [5.41, 5.74) is 0. The Labute approximate surface area is 75.9 Å². The van der Waals surface area contributed by atoms with Crippen LogP contribution in [0.25, 0.3) is 0 Å². The molecule has 0 heterocycles. The Hall–Kier alpha value is 0.0200. The van der Waals surface area contributed by atoms with Gasteiger partial charge in [0.2, 0.25) is 0 Å². The van der Waals surface area contributed by atoms with Gasteiger partial charge < -0.3 is 4.74 Å². The molecule has 0 amide bonds. The van der Waals surface area contributed by atoms with E-state index in [1.165, 1.54) is 37.9 Å². The molecule has 0 saturated heterocycles. The van der Waals surface area contributed by atoms with Crippen LogP contribution in [-0.2, 0) is 4.74 Å². The van der Waals surface area contributed by atoms with E-state index in [2.05, 4.69) is 22.0 Å². The first-order chi connectivity index (χ1) is 5.34. The van der Waals surface area contributed by atoms with Crippen LogP contribution < -0.4 is 0 Å². The van der Waals surface area contributed by atoms with Gasteiger partial charge in [0, 0.05) is 11.2 Å². The maximum atomic E-state index is 5.75. The smallest absolute Gasteiger partial charge is 0.0993 e. The Morgan fingerprint density at radius 1 is 1.45 bits per heavy atom. The second-order valence-electron chi connectivity index (χ2n) is 3.36. The van der Waals surface area contributed by atoms with Gasteiger partial charge in [-0.3, -0.25) is 0 Å². The fourth-order valence-electron chi connectivity index (χ4n) is 1.58. The Kier molecular flexibility index (Phi) is 2.21. The lowest BCUT2D eigenvalue weighted by Gasteiger charge is -2.20. The quantitative estimate of drug-likeness (QED) is 0.646. The highest BCUT2D eigenvalue weighted by Gasteiger charge is 2.25. The number of allylic oxidation sites excluding steroid dienone is 2. The van der Waals surface area contributed by atoms with Crippen LogP contribution in [0, 0.1) is 0 Å². The molecular formula is C9H13BrO. The minimum atomic E-state index is 0.505. The molecule has 2 rings (SSSR count). The zero-order valence-electron chi connectivity index (χ0n) is 6.55. The van der Waals surface area contributed by atoms with Crippen molar-refractivity contribution in [3.63, 3.8) is 0 Å². The Morgan fingerprint density at radius 2 is 2.27 bits per heavy atom. The van der Waals surface area contributed by atoms with Crippen LogP contribution in [0.3, 0.4) is 0 Å². The van der Waals surface area contributed by atoms with Gasteiger partial charge in [0.05, 0.1) is 11.9 Å². The molecule has 2 atom stereocenters. The molecule has 0 aromatic carbocycles. The summed E-state index contributed by atoms with van der Waals surface area (Å²) in [5.74, 6) is 1.23. The largest absolute Gasteiger partial charge is 0.495 e. The van der Waals surface area contributed by atoms with Crippen LogP contribution in [0.1, 0.15) is 32.1 Å². The molecule has 2 aliphatic carbocycles. The summed E-state index contributed by atoms with van der Waals surface area (Å²) < 4.78 is 5.75. The van der Waals surface area contributed by atoms with Crippen molar-refractivity contribution in [1.29, 1.82) is 0 Å². The first-order valence-electron chi connectivity index (χ1n) is 4.34. The lowest BCUT2D eigenvalue weighted by Crippen LogP contribution is -2.11. The zero-order chi connectivity index (χ0) is 7.68. The van der Waals surface area contributed by atoms with E-state index in [0.29, 0.717) is 10.9 Å². The standard InChI is InChI=1S/C9H13BrO/c10-7-4-5-9(6-7)11-8-2-1-3-8/h2,7,9H,1,3-6H2. The average molecular weight is 217 g/mol. The normalized spacial score (nSPS) is 36.3. The fraction of sp³-hybridized carbons (Fsp3) is 0.778. The van der Waals surface area contributed by atoms with Crippen molar-refractivity contribution in [2.24, 2.45) is 0 Å². The molecule has 0 spiro atoms. The third-order valence-corrected chi connectivity index (χ3v) is 3.23. The molecule has 0 radical (unpaired) electrons. The first kappa shape index (κ1) is 7.66. The minimum Gasteiger partial charge on any atom is -0.495 e. The van der Waals surface area contributed by atoms with E-state index < -0.39 is 0 Å². The van der Waals surface area contributed by atoms with Gasteiger partial charge in [-0.2, -0.15) is 0 Å². The van der Waals surface area contributed by atoms with Gasteiger partial charge in [-0.25, -0.2) is 0 Å². The number of hydrogen-bond acceptors (Lipinski definition) is 1. The molecule has 0 bridgehead atoms. The van der Waals surface area contributed by atoms with Gasteiger partial charge in [-0.1, -0.05) is 15.9 Å². The molecule has 0 aliphatic heterocycles. The molecule has 1 saturated carbocycles. The van der Waals surface area contributed by atoms with E-state index in [-0.39, 0.29) is 0 Å². The molecule has 2 heteroatoms. The number of hydrogen-bond donors (Lipinski definition) is 0. The van der Waals surface area contributed by atoms with Gasteiger partial charge >= 0.3 is 0 Å². The molecule has 1 nitrogen and oxygen atoms in total. The van der Waals surface area contributed by atoms with E-state index in [9.17, 15) is 0 Å². The SMILES string of the molecule is BrC1CCC(OC2=CCC2)C1. The van der Waals surface area contributed by atoms with Gasteiger partial charge in [0.25, 0.3) is 0 Å². The van der Waals surface area contributed by atoms with Crippen molar-refractivity contribution in [2.75, 3.05) is 0 Å². The van der Waals surface area contributed by atoms with Crippen LogP contribution in [-0.4, -0.2) is 10.9 Å². The molecule has 2 unspecified atom stereocenters. The van der Waals surface area contributed by atoms with E-state index in [4.69, 9.17) is 4.74 Å². The molecule has 1 fully saturated rings. The van der Waals surface area contributed by atoms with Crippen molar-refractivity contribution in [1.82, 2.24) is 0 Å². The molecule has 0 N–H and O–H groups in total. The average Bonchev–Trinajstić information content (AvgIpc) is 2.27. The summed E-state index contributed by atoms with van der Waals surface area (Å²) in [6.07, 6.45) is 8.79. The topological polar surface area (TPSA) is 9.23 Å². The van der Waals surface area contributed by atoms with Crippen molar-refractivity contribution in [3.05, 3.63) is 11.8 Å². The summed E-state index contributed by atoms with van der Waals surface area (Å²) in [6, 6.07) is 0. The first-order valence-corrected chi connectivity index (χ1v) is 5.26.